The number of carbonyl (C=O) groups is 2. The minimum absolute atomic E-state index is 0.00425. The van der Waals surface area contributed by atoms with Gasteiger partial charge in [-0.15, -0.1) is 11.3 Å². The van der Waals surface area contributed by atoms with E-state index in [1.54, 1.807) is 23.5 Å². The first-order valence-electron chi connectivity index (χ1n) is 9.53. The summed E-state index contributed by atoms with van der Waals surface area (Å²) >= 11 is 1.76. The minimum Gasteiger partial charge on any atom is -0.368 e. The number of primary amides is 1. The molecule has 0 fully saturated rings. The van der Waals surface area contributed by atoms with Crippen molar-refractivity contribution in [1.82, 2.24) is 16.0 Å². The summed E-state index contributed by atoms with van der Waals surface area (Å²) in [7, 11) is 0. The number of guanidine groups is 1. The van der Waals surface area contributed by atoms with Gasteiger partial charge in [-0.1, -0.05) is 32.0 Å². The average molecular weight is 416 g/mol. The van der Waals surface area contributed by atoms with E-state index in [9.17, 15) is 9.59 Å². The van der Waals surface area contributed by atoms with Crippen LogP contribution in [-0.2, 0) is 16.8 Å². The van der Waals surface area contributed by atoms with E-state index < -0.39 is 5.91 Å². The Labute approximate surface area is 175 Å². The first-order valence-corrected chi connectivity index (χ1v) is 10.4. The van der Waals surface area contributed by atoms with Crippen molar-refractivity contribution < 1.29 is 9.59 Å². The second-order valence-electron chi connectivity index (χ2n) is 7.26. The molecule has 2 amide bonds. The Morgan fingerprint density at radius 2 is 1.83 bits per heavy atom. The zero-order valence-electron chi connectivity index (χ0n) is 17.1. The number of nitrogens with one attached hydrogen (secondary N) is 3. The Morgan fingerprint density at radius 3 is 2.41 bits per heavy atom. The van der Waals surface area contributed by atoms with Gasteiger partial charge in [-0.2, -0.15) is 0 Å². The molecule has 0 saturated carbocycles. The van der Waals surface area contributed by atoms with Gasteiger partial charge in [-0.25, -0.2) is 4.99 Å². The van der Waals surface area contributed by atoms with Gasteiger partial charge in [-0.05, 0) is 36.1 Å². The zero-order valence-corrected chi connectivity index (χ0v) is 17.9. The highest BCUT2D eigenvalue weighted by Gasteiger charge is 2.21. The molecule has 0 aliphatic carbocycles. The summed E-state index contributed by atoms with van der Waals surface area (Å²) in [6.45, 7) is 8.28. The molecule has 0 bridgehead atoms. The van der Waals surface area contributed by atoms with E-state index in [2.05, 4.69) is 52.3 Å². The fraction of sp³-hybridized carbons (Fsp3) is 0.381. The fourth-order valence-electron chi connectivity index (χ4n) is 2.60. The van der Waals surface area contributed by atoms with Crippen LogP contribution in [0.3, 0.4) is 0 Å². The molecular weight excluding hydrogens is 386 g/mol. The molecule has 29 heavy (non-hydrogen) atoms. The summed E-state index contributed by atoms with van der Waals surface area (Å²) in [5.41, 5.74) is 6.49. The molecule has 2 aromatic rings. The van der Waals surface area contributed by atoms with Crippen LogP contribution < -0.4 is 21.7 Å². The molecule has 0 aliphatic rings. The van der Waals surface area contributed by atoms with E-state index in [1.165, 1.54) is 4.88 Å². The summed E-state index contributed by atoms with van der Waals surface area (Å²) in [4.78, 5) is 28.6. The number of benzene rings is 1. The van der Waals surface area contributed by atoms with Crippen molar-refractivity contribution in [2.45, 2.75) is 32.7 Å². The number of aliphatic imine (C=N–C) groups is 1. The van der Waals surface area contributed by atoms with Crippen LogP contribution in [0.2, 0.25) is 0 Å². The van der Waals surface area contributed by atoms with Crippen LogP contribution in [0.15, 0.2) is 46.8 Å². The molecule has 0 saturated heterocycles. The molecule has 7 nitrogen and oxygen atoms in total. The third-order valence-corrected chi connectivity index (χ3v) is 5.53. The van der Waals surface area contributed by atoms with Crippen LogP contribution in [0.1, 0.15) is 41.6 Å². The number of amides is 2. The molecule has 1 aromatic heterocycles. The first-order chi connectivity index (χ1) is 13.8. The third-order valence-electron chi connectivity index (χ3n) is 4.29. The van der Waals surface area contributed by atoms with Crippen LogP contribution in [0.25, 0.3) is 0 Å². The van der Waals surface area contributed by atoms with E-state index in [1.807, 2.05) is 19.1 Å². The van der Waals surface area contributed by atoms with E-state index in [4.69, 9.17) is 5.73 Å². The van der Waals surface area contributed by atoms with Gasteiger partial charge >= 0.3 is 0 Å². The predicted molar refractivity (Wildman–Crippen MR) is 118 cm³/mol. The Balaban J connectivity index is 1.95. The molecule has 0 aliphatic heterocycles. The van der Waals surface area contributed by atoms with Gasteiger partial charge in [-0.3, -0.25) is 9.59 Å². The van der Waals surface area contributed by atoms with Gasteiger partial charge < -0.3 is 21.7 Å². The maximum absolute atomic E-state index is 11.9. The Bertz CT molecular complexity index is 829. The molecule has 2 rings (SSSR count). The van der Waals surface area contributed by atoms with E-state index in [-0.39, 0.29) is 17.9 Å². The van der Waals surface area contributed by atoms with Crippen molar-refractivity contribution in [2.24, 2.45) is 10.7 Å². The lowest BCUT2D eigenvalue weighted by atomic mass is 9.91. The maximum atomic E-state index is 11.9. The number of hydrogen-bond acceptors (Lipinski definition) is 4. The van der Waals surface area contributed by atoms with Gasteiger partial charge in [0.1, 0.15) is 0 Å². The molecule has 1 aromatic carbocycles. The van der Waals surface area contributed by atoms with Crippen molar-refractivity contribution >= 4 is 29.1 Å². The Kier molecular flexibility index (Phi) is 8.21. The van der Waals surface area contributed by atoms with Crippen molar-refractivity contribution in [2.75, 3.05) is 19.6 Å². The van der Waals surface area contributed by atoms with E-state index in [0.29, 0.717) is 12.1 Å². The van der Waals surface area contributed by atoms with Crippen molar-refractivity contribution in [3.63, 3.8) is 0 Å². The molecule has 0 unspecified atom stereocenters. The van der Waals surface area contributed by atoms with Gasteiger partial charge in [0, 0.05) is 28.9 Å². The minimum atomic E-state index is -0.574. The van der Waals surface area contributed by atoms with Crippen molar-refractivity contribution in [3.8, 4) is 0 Å². The second kappa shape index (κ2) is 10.6. The van der Waals surface area contributed by atoms with Crippen LogP contribution in [-0.4, -0.2) is 37.4 Å². The lowest BCUT2D eigenvalue weighted by Crippen LogP contribution is -2.43. The molecule has 0 spiro atoms. The smallest absolute Gasteiger partial charge is 0.251 e. The highest BCUT2D eigenvalue weighted by atomic mass is 32.1. The van der Waals surface area contributed by atoms with Crippen molar-refractivity contribution in [3.05, 3.63) is 57.8 Å². The topological polar surface area (TPSA) is 109 Å². The first kappa shape index (κ1) is 22.4. The van der Waals surface area contributed by atoms with Gasteiger partial charge in [0.05, 0.1) is 13.1 Å². The third kappa shape index (κ3) is 7.23. The summed E-state index contributed by atoms with van der Waals surface area (Å²) in [5, 5.41) is 11.2. The lowest BCUT2D eigenvalue weighted by Gasteiger charge is -2.25. The molecule has 0 radical (unpaired) electrons. The van der Waals surface area contributed by atoms with Crippen LogP contribution >= 0.6 is 11.3 Å². The number of thiophene rings is 1. The molecule has 5 N–H and O–H groups in total. The van der Waals surface area contributed by atoms with Gasteiger partial charge in [0.2, 0.25) is 5.91 Å². The molecule has 8 heteroatoms. The highest BCUT2D eigenvalue weighted by Crippen LogP contribution is 2.26. The summed E-state index contributed by atoms with van der Waals surface area (Å²) in [6.07, 6.45) is 0. The molecule has 156 valence electrons. The van der Waals surface area contributed by atoms with E-state index in [0.717, 1.165) is 24.6 Å². The number of nitrogens with zero attached hydrogens (tertiary/aromatic N) is 1. The molecule has 1 heterocycles. The quantitative estimate of drug-likeness (QED) is 0.371. The Morgan fingerprint density at radius 1 is 1.10 bits per heavy atom. The Hall–Kier alpha value is -2.87. The van der Waals surface area contributed by atoms with Gasteiger partial charge in [0.15, 0.2) is 5.96 Å². The fourth-order valence-corrected chi connectivity index (χ4v) is 3.45. The van der Waals surface area contributed by atoms with Crippen molar-refractivity contribution in [1.29, 1.82) is 0 Å². The second-order valence-corrected chi connectivity index (χ2v) is 8.20. The summed E-state index contributed by atoms with van der Waals surface area (Å²) in [6, 6.07) is 11.3. The monoisotopic (exact) mass is 415 g/mol. The van der Waals surface area contributed by atoms with Crippen LogP contribution in [0, 0.1) is 0 Å². The molecular formula is C21H29N5O2S. The van der Waals surface area contributed by atoms with Crippen LogP contribution in [0.4, 0.5) is 0 Å². The zero-order chi connectivity index (χ0) is 21.3. The predicted octanol–water partition coefficient (Wildman–Crippen LogP) is 2.00. The normalized spacial score (nSPS) is 11.8. The van der Waals surface area contributed by atoms with Gasteiger partial charge in [0.25, 0.3) is 5.91 Å². The number of hydrogen-bond donors (Lipinski definition) is 4. The van der Waals surface area contributed by atoms with E-state index >= 15 is 0 Å². The number of carbonyl (C=O) groups excluding carboxylic acids is 2. The average Bonchev–Trinajstić information content (AvgIpc) is 3.24. The maximum Gasteiger partial charge on any atom is 0.251 e. The SMILES string of the molecule is CCNC(=NCc1ccc(C(=O)NCC(N)=O)cc1)NCC(C)(C)c1cccs1. The standard InChI is InChI=1S/C21H29N5O2S/c1-4-23-20(26-14-21(2,3)17-6-5-11-29-17)25-12-15-7-9-16(10-8-15)19(28)24-13-18(22)27/h5-11H,4,12-14H2,1-3H3,(H2,22,27)(H,24,28)(H2,23,25,26). The highest BCUT2D eigenvalue weighted by molar-refractivity contribution is 7.10. The van der Waals surface area contributed by atoms with Crippen LogP contribution in [0.5, 0.6) is 0 Å². The largest absolute Gasteiger partial charge is 0.368 e. The number of rotatable bonds is 9. The number of nitrogens with two attached hydrogens (primary N) is 1. The summed E-state index contributed by atoms with van der Waals surface area (Å²) < 4.78 is 0. The summed E-state index contributed by atoms with van der Waals surface area (Å²) in [5.74, 6) is -0.153. The lowest BCUT2D eigenvalue weighted by molar-refractivity contribution is -0.117. The molecule has 0 atom stereocenters.